The van der Waals surface area contributed by atoms with Crippen LogP contribution in [0.1, 0.15) is 0 Å². The van der Waals surface area contributed by atoms with Gasteiger partial charge in [-0.3, -0.25) is 0 Å². The van der Waals surface area contributed by atoms with Crippen molar-refractivity contribution < 1.29 is 27.0 Å². The number of imide groups is 1. The molecule has 2 heterocycles. The van der Waals surface area contributed by atoms with Crippen molar-refractivity contribution in [3.05, 3.63) is 30.1 Å². The number of amides is 3. The van der Waals surface area contributed by atoms with Crippen molar-refractivity contribution >= 4 is 33.9 Å². The van der Waals surface area contributed by atoms with Gasteiger partial charge in [0.1, 0.15) is 12.0 Å². The van der Waals surface area contributed by atoms with Gasteiger partial charge in [0.2, 0.25) is 15.3 Å². The van der Waals surface area contributed by atoms with Crippen LogP contribution in [0.5, 0.6) is 0 Å². The SMILES string of the molecule is CN1C(=O)C(S(=O)(=O)N2CCN(c3ccccc3F)CC2)C=[N+](C)C1=O. The van der Waals surface area contributed by atoms with E-state index in [1.165, 1.54) is 24.5 Å². The number of benzene rings is 1. The van der Waals surface area contributed by atoms with E-state index in [9.17, 15) is 22.4 Å². The number of hydrogen-bond donors (Lipinski definition) is 0. The molecule has 8 nitrogen and oxygen atoms in total. The molecule has 0 bridgehead atoms. The number of carbonyl (C=O) groups is 2. The summed E-state index contributed by atoms with van der Waals surface area (Å²) in [6.07, 6.45) is 1.13. The van der Waals surface area contributed by atoms with Gasteiger partial charge in [-0.1, -0.05) is 12.1 Å². The van der Waals surface area contributed by atoms with Gasteiger partial charge < -0.3 is 4.90 Å². The van der Waals surface area contributed by atoms with Crippen LogP contribution in [-0.4, -0.2) is 85.9 Å². The van der Waals surface area contributed by atoms with Crippen molar-refractivity contribution in [2.24, 2.45) is 0 Å². The lowest BCUT2D eigenvalue weighted by Crippen LogP contribution is -2.58. The van der Waals surface area contributed by atoms with Gasteiger partial charge in [-0.25, -0.2) is 22.2 Å². The summed E-state index contributed by atoms with van der Waals surface area (Å²) in [5.74, 6) is -1.13. The van der Waals surface area contributed by atoms with E-state index in [2.05, 4.69) is 0 Å². The number of urea groups is 1. The Morgan fingerprint density at radius 3 is 2.35 bits per heavy atom. The van der Waals surface area contributed by atoms with E-state index in [0.717, 1.165) is 15.7 Å². The first-order chi connectivity index (χ1) is 12.2. The Morgan fingerprint density at radius 2 is 1.73 bits per heavy atom. The third kappa shape index (κ3) is 3.10. The Kier molecular flexibility index (Phi) is 4.80. The average molecular weight is 383 g/mol. The number of hydrogen-bond acceptors (Lipinski definition) is 5. The lowest BCUT2D eigenvalue weighted by molar-refractivity contribution is -0.399. The minimum Gasteiger partial charge on any atom is -0.367 e. The molecule has 2 aliphatic heterocycles. The molecule has 1 aromatic rings. The molecule has 0 saturated carbocycles. The fourth-order valence-corrected chi connectivity index (χ4v) is 4.85. The van der Waals surface area contributed by atoms with E-state index in [4.69, 9.17) is 0 Å². The normalized spacial score (nSPS) is 22.6. The standard InChI is InChI=1S/C16H20FN4O4S/c1-18-11-14(15(22)19(2)16(18)23)26(24,25)21-9-7-20(8-10-21)13-6-4-3-5-12(13)17/h3-6,11,14H,7-10H2,1-2H3/q+1. The average Bonchev–Trinajstić information content (AvgIpc) is 2.63. The van der Waals surface area contributed by atoms with E-state index in [1.54, 1.807) is 23.1 Å². The third-order valence-corrected chi connectivity index (χ3v) is 6.68. The highest BCUT2D eigenvalue weighted by atomic mass is 32.2. The van der Waals surface area contributed by atoms with Gasteiger partial charge in [0.15, 0.2) is 0 Å². The van der Waals surface area contributed by atoms with Gasteiger partial charge in [0.05, 0.1) is 19.8 Å². The number of piperazine rings is 1. The number of para-hydroxylation sites is 1. The maximum absolute atomic E-state index is 13.9. The number of nitrogens with zero attached hydrogens (tertiary/aromatic N) is 4. The van der Waals surface area contributed by atoms with Crippen LogP contribution in [-0.2, 0) is 14.8 Å². The Morgan fingerprint density at radius 1 is 1.12 bits per heavy atom. The van der Waals surface area contributed by atoms with E-state index in [-0.39, 0.29) is 18.9 Å². The van der Waals surface area contributed by atoms with Crippen molar-refractivity contribution in [3.8, 4) is 0 Å². The van der Waals surface area contributed by atoms with Crippen LogP contribution in [0, 0.1) is 5.82 Å². The lowest BCUT2D eigenvalue weighted by atomic mass is 10.2. The van der Waals surface area contributed by atoms with Crippen LogP contribution in [0.4, 0.5) is 14.9 Å². The molecule has 26 heavy (non-hydrogen) atoms. The van der Waals surface area contributed by atoms with Crippen molar-refractivity contribution in [2.75, 3.05) is 45.2 Å². The topological polar surface area (TPSA) is 81.0 Å². The first-order valence-electron chi connectivity index (χ1n) is 8.11. The quantitative estimate of drug-likeness (QED) is 0.684. The van der Waals surface area contributed by atoms with Crippen molar-refractivity contribution in [3.63, 3.8) is 0 Å². The van der Waals surface area contributed by atoms with Gasteiger partial charge in [-0.05, 0) is 12.1 Å². The largest absolute Gasteiger partial charge is 0.500 e. The fraction of sp³-hybridized carbons (Fsp3) is 0.438. The first kappa shape index (κ1) is 18.5. The monoisotopic (exact) mass is 383 g/mol. The van der Waals surface area contributed by atoms with Crippen molar-refractivity contribution in [1.82, 2.24) is 9.21 Å². The van der Waals surface area contributed by atoms with Crippen LogP contribution in [0.25, 0.3) is 0 Å². The maximum atomic E-state index is 13.9. The molecule has 3 rings (SSSR count). The van der Waals surface area contributed by atoms with E-state index < -0.39 is 27.2 Å². The van der Waals surface area contributed by atoms with Crippen LogP contribution < -0.4 is 4.90 Å². The smallest absolute Gasteiger partial charge is 0.367 e. The molecule has 0 aromatic heterocycles. The van der Waals surface area contributed by atoms with E-state index in [0.29, 0.717) is 18.8 Å². The molecule has 1 atom stereocenters. The van der Waals surface area contributed by atoms with Crippen LogP contribution in [0.15, 0.2) is 24.3 Å². The highest BCUT2D eigenvalue weighted by molar-refractivity contribution is 7.91. The summed E-state index contributed by atoms with van der Waals surface area (Å²) >= 11 is 0. The zero-order chi connectivity index (χ0) is 19.1. The van der Waals surface area contributed by atoms with Gasteiger partial charge in [0, 0.05) is 26.2 Å². The predicted molar refractivity (Wildman–Crippen MR) is 93.3 cm³/mol. The number of carbonyl (C=O) groups excluding carboxylic acids is 2. The van der Waals surface area contributed by atoms with Gasteiger partial charge >= 0.3 is 11.9 Å². The molecule has 10 heteroatoms. The van der Waals surface area contributed by atoms with E-state index in [1.807, 2.05) is 0 Å². The molecule has 0 spiro atoms. The second kappa shape index (κ2) is 6.76. The summed E-state index contributed by atoms with van der Waals surface area (Å²) in [4.78, 5) is 26.6. The molecule has 3 amide bonds. The summed E-state index contributed by atoms with van der Waals surface area (Å²) in [6, 6.07) is 5.74. The highest BCUT2D eigenvalue weighted by Gasteiger charge is 2.48. The van der Waals surface area contributed by atoms with Crippen LogP contribution >= 0.6 is 0 Å². The second-order valence-electron chi connectivity index (χ2n) is 6.24. The molecule has 140 valence electrons. The summed E-state index contributed by atoms with van der Waals surface area (Å²) < 4.78 is 42.0. The van der Waals surface area contributed by atoms with Crippen LogP contribution in [0.2, 0.25) is 0 Å². The minimum atomic E-state index is -3.97. The number of rotatable bonds is 3. The van der Waals surface area contributed by atoms with Crippen LogP contribution in [0.3, 0.4) is 0 Å². The fourth-order valence-electron chi connectivity index (χ4n) is 3.11. The molecule has 0 radical (unpaired) electrons. The zero-order valence-corrected chi connectivity index (χ0v) is 15.3. The molecule has 1 fully saturated rings. The van der Waals surface area contributed by atoms with Gasteiger partial charge in [0.25, 0.3) is 0 Å². The zero-order valence-electron chi connectivity index (χ0n) is 14.5. The number of sulfonamides is 1. The molecule has 1 saturated heterocycles. The summed E-state index contributed by atoms with van der Waals surface area (Å²) in [5, 5.41) is -1.43. The summed E-state index contributed by atoms with van der Waals surface area (Å²) in [5.41, 5.74) is 0.426. The lowest BCUT2D eigenvalue weighted by Gasteiger charge is -2.36. The second-order valence-corrected chi connectivity index (χ2v) is 8.30. The molecule has 0 N–H and O–H groups in total. The number of halogens is 1. The molecule has 1 unspecified atom stereocenters. The minimum absolute atomic E-state index is 0.135. The summed E-state index contributed by atoms with van der Waals surface area (Å²) in [6.45, 7) is 0.892. The Bertz CT molecular complexity index is 878. The van der Waals surface area contributed by atoms with Crippen molar-refractivity contribution in [1.29, 1.82) is 0 Å². The van der Waals surface area contributed by atoms with Gasteiger partial charge in [-0.15, -0.1) is 0 Å². The summed E-state index contributed by atoms with van der Waals surface area (Å²) in [7, 11) is -1.30. The molecule has 2 aliphatic rings. The highest BCUT2D eigenvalue weighted by Crippen LogP contribution is 2.22. The maximum Gasteiger partial charge on any atom is 0.500 e. The Balaban J connectivity index is 1.77. The number of anilines is 1. The first-order valence-corrected chi connectivity index (χ1v) is 9.61. The van der Waals surface area contributed by atoms with Crippen molar-refractivity contribution in [2.45, 2.75) is 5.25 Å². The Labute approximate surface area is 151 Å². The molecule has 0 aliphatic carbocycles. The van der Waals surface area contributed by atoms with E-state index >= 15 is 0 Å². The molecule has 1 aromatic carbocycles. The third-order valence-electron chi connectivity index (χ3n) is 4.63. The predicted octanol–water partition coefficient (Wildman–Crippen LogP) is -0.0488. The van der Waals surface area contributed by atoms with Gasteiger partial charge in [-0.2, -0.15) is 14.0 Å². The Hall–Kier alpha value is -2.33. The molecular weight excluding hydrogens is 363 g/mol. The molecular formula is C16H20FN4O4S+.